The molecule has 7 nitrogen and oxygen atoms in total. The molecule has 0 radical (unpaired) electrons. The maximum absolute atomic E-state index is 12.6. The number of nitrogens with zero attached hydrogens (tertiary/aromatic N) is 1. The molecule has 1 saturated heterocycles. The van der Waals surface area contributed by atoms with Crippen LogP contribution >= 0.6 is 34.7 Å². The molecule has 2 N–H and O–H groups in total. The number of hydrogen-bond donors (Lipinski definition) is 2. The Morgan fingerprint density at radius 3 is 2.50 bits per heavy atom. The number of sulfonamides is 1. The summed E-state index contributed by atoms with van der Waals surface area (Å²) in [6.07, 6.45) is 1.52. The van der Waals surface area contributed by atoms with Gasteiger partial charge in [0.05, 0.1) is 19.5 Å². The van der Waals surface area contributed by atoms with Gasteiger partial charge in [-0.3, -0.25) is 19.6 Å². The van der Waals surface area contributed by atoms with E-state index in [0.717, 1.165) is 16.5 Å². The van der Waals surface area contributed by atoms with Crippen LogP contribution in [-0.4, -0.2) is 24.5 Å². The first-order chi connectivity index (χ1) is 13.3. The zero-order valence-corrected chi connectivity index (χ0v) is 17.0. The summed E-state index contributed by atoms with van der Waals surface area (Å²) in [5.41, 5.74) is 1.13. The van der Waals surface area contributed by atoms with E-state index in [0.29, 0.717) is 16.1 Å². The molecule has 0 atom stereocenters. The number of fused-ring (bicyclic) bond motifs is 1. The molecule has 142 valence electrons. The molecule has 1 aliphatic heterocycles. The van der Waals surface area contributed by atoms with Crippen LogP contribution in [0.2, 0.25) is 5.02 Å². The number of benzene rings is 2. The van der Waals surface area contributed by atoms with Crippen molar-refractivity contribution in [3.8, 4) is 0 Å². The largest absolute Gasteiger partial charge is 0.290 e. The zero-order valence-electron chi connectivity index (χ0n) is 13.8. The van der Waals surface area contributed by atoms with E-state index in [1.807, 2.05) is 0 Å². The first-order valence-corrected chi connectivity index (χ1v) is 11.2. The smallest absolute Gasteiger partial charge is 0.282 e. The van der Waals surface area contributed by atoms with E-state index in [1.165, 1.54) is 29.5 Å². The highest BCUT2D eigenvalue weighted by Crippen LogP contribution is 2.32. The third-order valence-corrected chi connectivity index (χ3v) is 7.26. The summed E-state index contributed by atoms with van der Waals surface area (Å²) >= 11 is 8.06. The highest BCUT2D eigenvalue weighted by Gasteiger charge is 2.25. The fraction of sp³-hybridized carbons (Fsp3) is 0. The average molecular weight is 452 g/mol. The van der Waals surface area contributed by atoms with Gasteiger partial charge in [-0.05, 0) is 47.7 Å². The monoisotopic (exact) mass is 451 g/mol. The lowest BCUT2D eigenvalue weighted by Crippen LogP contribution is -2.17. The lowest BCUT2D eigenvalue weighted by molar-refractivity contribution is -0.115. The number of halogens is 1. The molecule has 1 aliphatic rings. The topological polar surface area (TPSA) is 105 Å². The quantitative estimate of drug-likeness (QED) is 0.579. The van der Waals surface area contributed by atoms with Crippen LogP contribution in [0.3, 0.4) is 0 Å². The minimum Gasteiger partial charge on any atom is -0.282 e. The van der Waals surface area contributed by atoms with E-state index in [9.17, 15) is 18.0 Å². The van der Waals surface area contributed by atoms with Gasteiger partial charge in [0.25, 0.3) is 21.2 Å². The number of hydrogen-bond acceptors (Lipinski definition) is 7. The SMILES string of the molecule is O=C1NC(=O)/C(=C\c2ccc(S(=O)(=O)Nc3nc4c(Cl)cccc4s3)cc2)S1. The normalized spacial score (nSPS) is 16.0. The van der Waals surface area contributed by atoms with Gasteiger partial charge in [-0.25, -0.2) is 13.4 Å². The number of imide groups is 1. The Kier molecular flexibility index (Phi) is 4.88. The Bertz CT molecular complexity index is 1250. The van der Waals surface area contributed by atoms with Crippen LogP contribution in [0.5, 0.6) is 0 Å². The van der Waals surface area contributed by atoms with Crippen molar-refractivity contribution < 1.29 is 18.0 Å². The Hall–Kier alpha value is -2.40. The molecule has 0 bridgehead atoms. The summed E-state index contributed by atoms with van der Waals surface area (Å²) < 4.78 is 28.4. The number of aromatic nitrogens is 1. The molecular weight excluding hydrogens is 442 g/mol. The van der Waals surface area contributed by atoms with E-state index in [1.54, 1.807) is 30.3 Å². The van der Waals surface area contributed by atoms with Gasteiger partial charge >= 0.3 is 0 Å². The molecule has 2 aromatic carbocycles. The standard InChI is InChI=1S/C17H10ClN3O4S3/c18-11-2-1-3-12-14(11)19-16(26-12)21-28(24,25)10-6-4-9(5-7-10)8-13-15(22)20-17(23)27-13/h1-8H,(H,19,21)(H,20,22,23)/b13-8+. The van der Waals surface area contributed by atoms with Gasteiger partial charge in [-0.2, -0.15) is 0 Å². The van der Waals surface area contributed by atoms with Crippen molar-refractivity contribution in [2.75, 3.05) is 4.72 Å². The number of nitrogens with one attached hydrogen (secondary N) is 2. The van der Waals surface area contributed by atoms with Crippen LogP contribution in [0, 0.1) is 0 Å². The first kappa shape index (κ1) is 18.9. The molecule has 0 saturated carbocycles. The van der Waals surface area contributed by atoms with Gasteiger partial charge in [0.2, 0.25) is 0 Å². The highest BCUT2D eigenvalue weighted by atomic mass is 35.5. The minimum absolute atomic E-state index is 0.0413. The van der Waals surface area contributed by atoms with Gasteiger partial charge < -0.3 is 0 Å². The van der Waals surface area contributed by atoms with Crippen molar-refractivity contribution in [1.29, 1.82) is 0 Å². The number of para-hydroxylation sites is 1. The molecular formula is C17H10ClN3O4S3. The van der Waals surface area contributed by atoms with Crippen LogP contribution in [-0.2, 0) is 14.8 Å². The van der Waals surface area contributed by atoms with Crippen LogP contribution in [0.25, 0.3) is 16.3 Å². The third-order valence-electron chi connectivity index (χ3n) is 3.72. The summed E-state index contributed by atoms with van der Waals surface area (Å²) in [6.45, 7) is 0. The predicted octanol–water partition coefficient (Wildman–Crippen LogP) is 4.07. The number of rotatable bonds is 4. The van der Waals surface area contributed by atoms with Crippen molar-refractivity contribution in [3.05, 3.63) is 58.0 Å². The molecule has 11 heteroatoms. The Morgan fingerprint density at radius 1 is 1.11 bits per heavy atom. The number of carbonyl (C=O) groups is 2. The van der Waals surface area contributed by atoms with Crippen molar-refractivity contribution in [1.82, 2.24) is 10.3 Å². The maximum atomic E-state index is 12.6. The van der Waals surface area contributed by atoms with Crippen molar-refractivity contribution in [2.24, 2.45) is 0 Å². The Labute approximate surface area is 172 Å². The third kappa shape index (κ3) is 3.76. The van der Waals surface area contributed by atoms with Crippen molar-refractivity contribution >= 4 is 77.3 Å². The lowest BCUT2D eigenvalue weighted by Gasteiger charge is -2.05. The van der Waals surface area contributed by atoms with Crippen LogP contribution in [0.4, 0.5) is 9.93 Å². The molecule has 28 heavy (non-hydrogen) atoms. The van der Waals surface area contributed by atoms with Gasteiger partial charge in [0.1, 0.15) is 5.52 Å². The molecule has 3 aromatic rings. The van der Waals surface area contributed by atoms with Gasteiger partial charge in [-0.15, -0.1) is 0 Å². The molecule has 0 unspecified atom stereocenters. The van der Waals surface area contributed by atoms with Gasteiger partial charge in [0.15, 0.2) is 5.13 Å². The highest BCUT2D eigenvalue weighted by molar-refractivity contribution is 8.18. The van der Waals surface area contributed by atoms with E-state index in [-0.39, 0.29) is 14.9 Å². The molecule has 2 amide bonds. The predicted molar refractivity (Wildman–Crippen MR) is 111 cm³/mol. The molecule has 1 fully saturated rings. The second kappa shape index (κ2) is 7.21. The number of carbonyl (C=O) groups excluding carboxylic acids is 2. The summed E-state index contributed by atoms with van der Waals surface area (Å²) in [7, 11) is -3.84. The molecule has 2 heterocycles. The molecule has 4 rings (SSSR count). The van der Waals surface area contributed by atoms with Gasteiger partial charge in [0, 0.05) is 0 Å². The first-order valence-electron chi connectivity index (χ1n) is 7.75. The summed E-state index contributed by atoms with van der Waals surface area (Å²) in [5.74, 6) is -0.470. The van der Waals surface area contributed by atoms with Crippen LogP contribution < -0.4 is 10.0 Å². The summed E-state index contributed by atoms with van der Waals surface area (Å²) in [5, 5.41) is 2.39. The second-order valence-corrected chi connectivity index (χ2v) is 9.77. The fourth-order valence-electron chi connectivity index (χ4n) is 2.45. The van der Waals surface area contributed by atoms with Crippen LogP contribution in [0.1, 0.15) is 5.56 Å². The van der Waals surface area contributed by atoms with E-state index >= 15 is 0 Å². The number of thiazole rings is 1. The fourth-order valence-corrected chi connectivity index (χ4v) is 5.53. The number of thioether (sulfide) groups is 1. The maximum Gasteiger partial charge on any atom is 0.290 e. The molecule has 0 aliphatic carbocycles. The minimum atomic E-state index is -3.84. The zero-order chi connectivity index (χ0) is 19.9. The van der Waals surface area contributed by atoms with E-state index < -0.39 is 21.2 Å². The van der Waals surface area contributed by atoms with Crippen LogP contribution in [0.15, 0.2) is 52.3 Å². The lowest BCUT2D eigenvalue weighted by atomic mass is 10.2. The summed E-state index contributed by atoms with van der Waals surface area (Å²) in [6, 6.07) is 11.2. The van der Waals surface area contributed by atoms with Crippen molar-refractivity contribution in [2.45, 2.75) is 4.90 Å². The van der Waals surface area contributed by atoms with Crippen molar-refractivity contribution in [3.63, 3.8) is 0 Å². The second-order valence-electron chi connectivity index (χ2n) is 5.63. The molecule has 0 spiro atoms. The average Bonchev–Trinajstić information content (AvgIpc) is 3.18. The number of anilines is 1. The van der Waals surface area contributed by atoms with E-state index in [2.05, 4.69) is 15.0 Å². The number of amides is 2. The Morgan fingerprint density at radius 2 is 1.86 bits per heavy atom. The summed E-state index contributed by atoms with van der Waals surface area (Å²) in [4.78, 5) is 27.3. The van der Waals surface area contributed by atoms with Gasteiger partial charge in [-0.1, -0.05) is 41.1 Å². The Balaban J connectivity index is 1.57. The van der Waals surface area contributed by atoms with E-state index in [4.69, 9.17) is 11.6 Å². The molecule has 1 aromatic heterocycles.